The molecule has 1 N–H and O–H groups in total. The van der Waals surface area contributed by atoms with E-state index in [1.807, 2.05) is 6.92 Å². The van der Waals surface area contributed by atoms with Gasteiger partial charge in [0.15, 0.2) is 5.96 Å². The molecule has 1 aliphatic heterocycles. The lowest BCUT2D eigenvalue weighted by molar-refractivity contribution is -0.149. The first-order chi connectivity index (χ1) is 12.0. The van der Waals surface area contributed by atoms with Crippen LogP contribution in [0.4, 0.5) is 0 Å². The van der Waals surface area contributed by atoms with Gasteiger partial charge in [-0.3, -0.25) is 4.79 Å². The van der Waals surface area contributed by atoms with E-state index in [2.05, 4.69) is 49.2 Å². The molecule has 0 saturated carbocycles. The highest BCUT2D eigenvalue weighted by molar-refractivity contribution is 5.80. The second-order valence-electron chi connectivity index (χ2n) is 6.61. The summed E-state index contributed by atoms with van der Waals surface area (Å²) in [6.07, 6.45) is 1.65. The highest BCUT2D eigenvalue weighted by Crippen LogP contribution is 2.19. The van der Waals surface area contributed by atoms with Gasteiger partial charge >= 0.3 is 5.97 Å². The predicted molar refractivity (Wildman–Crippen MR) is 102 cm³/mol. The molecule has 0 bridgehead atoms. The van der Waals surface area contributed by atoms with Crippen molar-refractivity contribution >= 4 is 11.9 Å². The minimum Gasteiger partial charge on any atom is -0.466 e. The minimum absolute atomic E-state index is 0.0263. The van der Waals surface area contributed by atoms with E-state index in [0.717, 1.165) is 38.4 Å². The van der Waals surface area contributed by atoms with Gasteiger partial charge < -0.3 is 15.0 Å². The number of nitrogens with one attached hydrogen (secondary N) is 1. The second-order valence-corrected chi connectivity index (χ2v) is 6.61. The summed E-state index contributed by atoms with van der Waals surface area (Å²) in [5, 5.41) is 3.38. The Balaban J connectivity index is 1.99. The molecule has 1 aromatic carbocycles. The molecule has 0 unspecified atom stereocenters. The smallest absolute Gasteiger partial charge is 0.309 e. The van der Waals surface area contributed by atoms with E-state index in [9.17, 15) is 4.79 Å². The van der Waals surface area contributed by atoms with Crippen LogP contribution in [-0.2, 0) is 16.1 Å². The number of guanidine groups is 1. The SMILES string of the molecule is CCNC(=NCc1ccc(C)cc1C)N1CCC(C(=O)OCC)CC1. The Kier molecular flexibility index (Phi) is 7.29. The first-order valence-corrected chi connectivity index (χ1v) is 9.31. The summed E-state index contributed by atoms with van der Waals surface area (Å²) in [5.74, 6) is 0.905. The summed E-state index contributed by atoms with van der Waals surface area (Å²) >= 11 is 0. The predicted octanol–water partition coefficient (Wildman–Crippen LogP) is 3.04. The van der Waals surface area contributed by atoms with E-state index >= 15 is 0 Å². The number of aliphatic imine (C=N–C) groups is 1. The maximum Gasteiger partial charge on any atom is 0.309 e. The van der Waals surface area contributed by atoms with Gasteiger partial charge in [-0.05, 0) is 51.7 Å². The number of rotatable bonds is 5. The Bertz CT molecular complexity index is 605. The molecule has 0 radical (unpaired) electrons. The highest BCUT2D eigenvalue weighted by Gasteiger charge is 2.27. The molecule has 1 heterocycles. The van der Waals surface area contributed by atoms with Crippen LogP contribution in [-0.4, -0.2) is 43.1 Å². The number of aryl methyl sites for hydroxylation is 2. The van der Waals surface area contributed by atoms with E-state index in [-0.39, 0.29) is 11.9 Å². The van der Waals surface area contributed by atoms with Crippen molar-refractivity contribution in [3.05, 3.63) is 34.9 Å². The number of benzene rings is 1. The van der Waals surface area contributed by atoms with Gasteiger partial charge in [0.25, 0.3) is 0 Å². The van der Waals surface area contributed by atoms with Crippen LogP contribution in [0.3, 0.4) is 0 Å². The first kappa shape index (κ1) is 19.3. The van der Waals surface area contributed by atoms with Crippen molar-refractivity contribution in [1.82, 2.24) is 10.2 Å². The average Bonchev–Trinajstić information content (AvgIpc) is 2.60. The first-order valence-electron chi connectivity index (χ1n) is 9.31. The van der Waals surface area contributed by atoms with Crippen LogP contribution in [0.5, 0.6) is 0 Å². The van der Waals surface area contributed by atoms with Gasteiger partial charge in [-0.1, -0.05) is 23.8 Å². The molecule has 0 spiro atoms. The molecule has 1 aliphatic rings. The van der Waals surface area contributed by atoms with Crippen molar-refractivity contribution in [2.45, 2.75) is 47.1 Å². The number of likely N-dealkylation sites (tertiary alicyclic amines) is 1. The highest BCUT2D eigenvalue weighted by atomic mass is 16.5. The van der Waals surface area contributed by atoms with Crippen LogP contribution < -0.4 is 5.32 Å². The average molecular weight is 345 g/mol. The fourth-order valence-corrected chi connectivity index (χ4v) is 3.20. The number of ether oxygens (including phenoxy) is 1. The summed E-state index contributed by atoms with van der Waals surface area (Å²) in [6, 6.07) is 6.49. The topological polar surface area (TPSA) is 53.9 Å². The van der Waals surface area contributed by atoms with E-state index in [1.165, 1.54) is 16.7 Å². The van der Waals surface area contributed by atoms with Crippen molar-refractivity contribution < 1.29 is 9.53 Å². The van der Waals surface area contributed by atoms with Crippen LogP contribution in [0.15, 0.2) is 23.2 Å². The minimum atomic E-state index is -0.0561. The van der Waals surface area contributed by atoms with Gasteiger partial charge in [0, 0.05) is 19.6 Å². The molecule has 25 heavy (non-hydrogen) atoms. The molecule has 1 saturated heterocycles. The zero-order valence-electron chi connectivity index (χ0n) is 16.0. The Morgan fingerprint density at radius 1 is 1.28 bits per heavy atom. The molecular weight excluding hydrogens is 314 g/mol. The molecule has 2 rings (SSSR count). The van der Waals surface area contributed by atoms with E-state index in [1.54, 1.807) is 0 Å². The van der Waals surface area contributed by atoms with Crippen molar-refractivity contribution in [2.24, 2.45) is 10.9 Å². The lowest BCUT2D eigenvalue weighted by atomic mass is 9.97. The number of hydrogen-bond acceptors (Lipinski definition) is 3. The monoisotopic (exact) mass is 345 g/mol. The Morgan fingerprint density at radius 3 is 2.60 bits per heavy atom. The Labute approximate surface area is 151 Å². The maximum absolute atomic E-state index is 11.9. The van der Waals surface area contributed by atoms with E-state index in [0.29, 0.717) is 13.2 Å². The van der Waals surface area contributed by atoms with Crippen molar-refractivity contribution in [2.75, 3.05) is 26.2 Å². The third-order valence-electron chi connectivity index (χ3n) is 4.65. The van der Waals surface area contributed by atoms with Gasteiger partial charge in [0.2, 0.25) is 0 Å². The second kappa shape index (κ2) is 9.44. The van der Waals surface area contributed by atoms with Crippen LogP contribution in [0.2, 0.25) is 0 Å². The number of hydrogen-bond donors (Lipinski definition) is 1. The maximum atomic E-state index is 11.9. The lowest BCUT2D eigenvalue weighted by Crippen LogP contribution is -2.46. The van der Waals surface area contributed by atoms with Crippen molar-refractivity contribution in [1.29, 1.82) is 0 Å². The van der Waals surface area contributed by atoms with Crippen molar-refractivity contribution in [3.63, 3.8) is 0 Å². The van der Waals surface area contributed by atoms with Gasteiger partial charge in [-0.15, -0.1) is 0 Å². The zero-order valence-corrected chi connectivity index (χ0v) is 16.0. The quantitative estimate of drug-likeness (QED) is 0.506. The van der Waals surface area contributed by atoms with Gasteiger partial charge in [-0.25, -0.2) is 4.99 Å². The summed E-state index contributed by atoms with van der Waals surface area (Å²) in [6.45, 7) is 11.8. The van der Waals surface area contributed by atoms with Crippen LogP contribution in [0.1, 0.15) is 43.4 Å². The standard InChI is InChI=1S/C20H31N3O2/c1-5-21-20(22-14-18-8-7-15(3)13-16(18)4)23-11-9-17(10-12-23)19(24)25-6-2/h7-8,13,17H,5-6,9-12,14H2,1-4H3,(H,21,22). The number of nitrogens with zero attached hydrogens (tertiary/aromatic N) is 2. The molecule has 5 heteroatoms. The summed E-state index contributed by atoms with van der Waals surface area (Å²) < 4.78 is 5.15. The van der Waals surface area contributed by atoms with Crippen LogP contribution >= 0.6 is 0 Å². The normalized spacial score (nSPS) is 16.0. The molecule has 0 aliphatic carbocycles. The molecule has 0 amide bonds. The summed E-state index contributed by atoms with van der Waals surface area (Å²) in [7, 11) is 0. The summed E-state index contributed by atoms with van der Waals surface area (Å²) in [4.78, 5) is 19.0. The molecule has 1 aromatic rings. The molecule has 5 nitrogen and oxygen atoms in total. The van der Waals surface area contributed by atoms with Gasteiger partial charge in [-0.2, -0.15) is 0 Å². The molecule has 0 atom stereocenters. The van der Waals surface area contributed by atoms with Crippen LogP contribution in [0, 0.1) is 19.8 Å². The molecule has 1 fully saturated rings. The zero-order chi connectivity index (χ0) is 18.2. The fourth-order valence-electron chi connectivity index (χ4n) is 3.20. The third-order valence-corrected chi connectivity index (χ3v) is 4.65. The van der Waals surface area contributed by atoms with E-state index < -0.39 is 0 Å². The molecular formula is C20H31N3O2. The lowest BCUT2D eigenvalue weighted by Gasteiger charge is -2.33. The Hall–Kier alpha value is -2.04. The Morgan fingerprint density at radius 2 is 2.00 bits per heavy atom. The van der Waals surface area contributed by atoms with Gasteiger partial charge in [0.05, 0.1) is 19.1 Å². The van der Waals surface area contributed by atoms with E-state index in [4.69, 9.17) is 9.73 Å². The molecule has 0 aromatic heterocycles. The number of esters is 1. The number of carbonyl (C=O) groups is 1. The van der Waals surface area contributed by atoms with Crippen LogP contribution in [0.25, 0.3) is 0 Å². The van der Waals surface area contributed by atoms with Gasteiger partial charge in [0.1, 0.15) is 0 Å². The fraction of sp³-hybridized carbons (Fsp3) is 0.600. The third kappa shape index (κ3) is 5.48. The molecule has 138 valence electrons. The largest absolute Gasteiger partial charge is 0.466 e. The summed E-state index contributed by atoms with van der Waals surface area (Å²) in [5.41, 5.74) is 3.81. The van der Waals surface area contributed by atoms with Crippen molar-refractivity contribution in [3.8, 4) is 0 Å². The number of piperidine rings is 1. The number of carbonyl (C=O) groups excluding carboxylic acids is 1.